The third-order valence-electron chi connectivity index (χ3n) is 2.42. The van der Waals surface area contributed by atoms with Crippen LogP contribution in [0.25, 0.3) is 0 Å². The summed E-state index contributed by atoms with van der Waals surface area (Å²) >= 11 is 0. The molecule has 2 heterocycles. The first-order valence-corrected chi connectivity index (χ1v) is 4.67. The van der Waals surface area contributed by atoms with Gasteiger partial charge in [-0.25, -0.2) is 0 Å². The standard InChI is InChI=1S/C9H13N3O2/c1-6(2)11-3-4-12-8(14)5-7(13)10-9(11)12/h5-6,13H,3-4H2,1-2H3. The molecule has 0 aromatic carbocycles. The molecule has 1 aromatic heterocycles. The summed E-state index contributed by atoms with van der Waals surface area (Å²) in [6.45, 7) is 5.50. The van der Waals surface area contributed by atoms with E-state index in [9.17, 15) is 9.90 Å². The van der Waals surface area contributed by atoms with Crippen molar-refractivity contribution >= 4 is 5.95 Å². The number of nitrogens with zero attached hydrogens (tertiary/aromatic N) is 3. The zero-order valence-electron chi connectivity index (χ0n) is 8.27. The molecule has 0 bridgehead atoms. The second-order valence-electron chi connectivity index (χ2n) is 3.69. The van der Waals surface area contributed by atoms with Gasteiger partial charge >= 0.3 is 0 Å². The average molecular weight is 195 g/mol. The Morgan fingerprint density at radius 2 is 2.21 bits per heavy atom. The van der Waals surface area contributed by atoms with Gasteiger partial charge in [-0.3, -0.25) is 9.36 Å². The van der Waals surface area contributed by atoms with E-state index < -0.39 is 0 Å². The average Bonchev–Trinajstić information content (AvgIpc) is 2.47. The number of anilines is 1. The van der Waals surface area contributed by atoms with Gasteiger partial charge in [0.05, 0.1) is 6.07 Å². The molecule has 5 heteroatoms. The second kappa shape index (κ2) is 3.01. The van der Waals surface area contributed by atoms with Crippen molar-refractivity contribution in [3.63, 3.8) is 0 Å². The van der Waals surface area contributed by atoms with E-state index in [1.54, 1.807) is 4.57 Å². The molecule has 0 saturated heterocycles. The molecule has 0 atom stereocenters. The van der Waals surface area contributed by atoms with Crippen LogP contribution in [0.4, 0.5) is 5.95 Å². The van der Waals surface area contributed by atoms with Crippen LogP contribution in [0.3, 0.4) is 0 Å². The fraction of sp³-hybridized carbons (Fsp3) is 0.556. The van der Waals surface area contributed by atoms with Crippen molar-refractivity contribution < 1.29 is 5.11 Å². The highest BCUT2D eigenvalue weighted by Gasteiger charge is 2.23. The van der Waals surface area contributed by atoms with Crippen molar-refractivity contribution in [3.8, 4) is 5.88 Å². The van der Waals surface area contributed by atoms with E-state index in [1.165, 1.54) is 0 Å². The van der Waals surface area contributed by atoms with Gasteiger partial charge < -0.3 is 10.0 Å². The maximum atomic E-state index is 11.4. The van der Waals surface area contributed by atoms with Gasteiger partial charge in [0.2, 0.25) is 11.8 Å². The smallest absolute Gasteiger partial charge is 0.258 e. The molecular weight excluding hydrogens is 182 g/mol. The third kappa shape index (κ3) is 1.25. The molecule has 5 nitrogen and oxygen atoms in total. The van der Waals surface area contributed by atoms with Crippen LogP contribution in [0.1, 0.15) is 13.8 Å². The molecule has 0 aliphatic carbocycles. The Balaban J connectivity index is 2.54. The molecule has 0 unspecified atom stereocenters. The quantitative estimate of drug-likeness (QED) is 0.694. The molecule has 1 aliphatic rings. The molecule has 1 N–H and O–H groups in total. The largest absolute Gasteiger partial charge is 0.493 e. The molecule has 1 aromatic rings. The maximum Gasteiger partial charge on any atom is 0.258 e. The van der Waals surface area contributed by atoms with E-state index in [2.05, 4.69) is 4.98 Å². The SMILES string of the molecule is CC(C)N1CCn2c1nc(O)cc2=O. The molecule has 1 aliphatic heterocycles. The number of aromatic nitrogens is 2. The highest BCUT2D eigenvalue weighted by molar-refractivity contribution is 5.37. The van der Waals surface area contributed by atoms with Crippen LogP contribution in [-0.4, -0.2) is 27.2 Å². The summed E-state index contributed by atoms with van der Waals surface area (Å²) in [5.74, 6) is 0.374. The van der Waals surface area contributed by atoms with Crippen LogP contribution < -0.4 is 10.5 Å². The minimum absolute atomic E-state index is 0.185. The van der Waals surface area contributed by atoms with E-state index in [0.717, 1.165) is 12.6 Å². The minimum atomic E-state index is -0.200. The van der Waals surface area contributed by atoms with Crippen LogP contribution in [0.15, 0.2) is 10.9 Å². The van der Waals surface area contributed by atoms with Crippen LogP contribution >= 0.6 is 0 Å². The first-order chi connectivity index (χ1) is 6.59. The Kier molecular flexibility index (Phi) is 1.94. The predicted molar refractivity (Wildman–Crippen MR) is 52.6 cm³/mol. The monoisotopic (exact) mass is 195 g/mol. The van der Waals surface area contributed by atoms with Gasteiger partial charge in [-0.1, -0.05) is 0 Å². The zero-order chi connectivity index (χ0) is 10.3. The van der Waals surface area contributed by atoms with Crippen LogP contribution in [0.5, 0.6) is 5.88 Å². The third-order valence-corrected chi connectivity index (χ3v) is 2.42. The Bertz CT molecular complexity index is 411. The normalized spacial score (nSPS) is 14.9. The fourth-order valence-corrected chi connectivity index (χ4v) is 1.71. The Morgan fingerprint density at radius 3 is 2.86 bits per heavy atom. The first-order valence-electron chi connectivity index (χ1n) is 4.67. The Morgan fingerprint density at radius 1 is 1.50 bits per heavy atom. The van der Waals surface area contributed by atoms with Crippen molar-refractivity contribution in [2.24, 2.45) is 0 Å². The van der Waals surface area contributed by atoms with Crippen LogP contribution in [0, 0.1) is 0 Å². The van der Waals surface area contributed by atoms with E-state index >= 15 is 0 Å². The molecule has 0 amide bonds. The first kappa shape index (κ1) is 9.05. The Hall–Kier alpha value is -1.52. The number of aromatic hydroxyl groups is 1. The van der Waals surface area contributed by atoms with Gasteiger partial charge in [0.15, 0.2) is 0 Å². The summed E-state index contributed by atoms with van der Waals surface area (Å²) in [5.41, 5.74) is -0.185. The van der Waals surface area contributed by atoms with Crippen molar-refractivity contribution in [1.29, 1.82) is 0 Å². The van der Waals surface area contributed by atoms with Crippen molar-refractivity contribution in [2.75, 3.05) is 11.4 Å². The maximum absolute atomic E-state index is 11.4. The number of rotatable bonds is 1. The highest BCUT2D eigenvalue weighted by Crippen LogP contribution is 2.20. The highest BCUT2D eigenvalue weighted by atomic mass is 16.3. The molecule has 0 fully saturated rings. The van der Waals surface area contributed by atoms with Gasteiger partial charge in [0.1, 0.15) is 0 Å². The minimum Gasteiger partial charge on any atom is -0.493 e. The fourth-order valence-electron chi connectivity index (χ4n) is 1.71. The zero-order valence-corrected chi connectivity index (χ0v) is 8.27. The van der Waals surface area contributed by atoms with Crippen molar-refractivity contribution in [1.82, 2.24) is 9.55 Å². The lowest BCUT2D eigenvalue weighted by Crippen LogP contribution is -2.29. The summed E-state index contributed by atoms with van der Waals surface area (Å²) in [4.78, 5) is 17.4. The molecule has 2 rings (SSSR count). The molecule has 14 heavy (non-hydrogen) atoms. The molecule has 0 saturated carbocycles. The summed E-state index contributed by atoms with van der Waals surface area (Å²) in [7, 11) is 0. The van der Waals surface area contributed by atoms with Gasteiger partial charge in [-0.05, 0) is 13.8 Å². The number of fused-ring (bicyclic) bond motifs is 1. The number of hydrogen-bond donors (Lipinski definition) is 1. The summed E-state index contributed by atoms with van der Waals surface area (Å²) in [6.07, 6.45) is 0. The van der Waals surface area contributed by atoms with Crippen LogP contribution in [0.2, 0.25) is 0 Å². The van der Waals surface area contributed by atoms with Crippen molar-refractivity contribution in [3.05, 3.63) is 16.4 Å². The lowest BCUT2D eigenvalue weighted by molar-refractivity contribution is 0.449. The van der Waals surface area contributed by atoms with Gasteiger partial charge in [-0.2, -0.15) is 4.98 Å². The van der Waals surface area contributed by atoms with Crippen LogP contribution in [-0.2, 0) is 6.54 Å². The molecule has 76 valence electrons. The van der Waals surface area contributed by atoms with E-state index in [4.69, 9.17) is 0 Å². The predicted octanol–water partition coefficient (Wildman–Crippen LogP) is 0.177. The summed E-state index contributed by atoms with van der Waals surface area (Å²) in [5, 5.41) is 9.23. The molecule has 0 radical (unpaired) electrons. The summed E-state index contributed by atoms with van der Waals surface area (Å²) in [6, 6.07) is 1.44. The topological polar surface area (TPSA) is 58.4 Å². The van der Waals surface area contributed by atoms with Crippen molar-refractivity contribution in [2.45, 2.75) is 26.4 Å². The lowest BCUT2D eigenvalue weighted by atomic mass is 10.3. The van der Waals surface area contributed by atoms with Gasteiger partial charge in [0.25, 0.3) is 5.56 Å². The molecular formula is C9H13N3O2. The van der Waals surface area contributed by atoms with E-state index in [0.29, 0.717) is 12.5 Å². The van der Waals surface area contributed by atoms with E-state index in [1.807, 2.05) is 18.7 Å². The summed E-state index contributed by atoms with van der Waals surface area (Å²) < 4.78 is 1.58. The Labute approximate surface area is 81.6 Å². The molecule has 0 spiro atoms. The van der Waals surface area contributed by atoms with E-state index in [-0.39, 0.29) is 17.5 Å². The lowest BCUT2D eigenvalue weighted by Gasteiger charge is -2.21. The number of hydrogen-bond acceptors (Lipinski definition) is 4. The van der Waals surface area contributed by atoms with Gasteiger partial charge in [-0.15, -0.1) is 0 Å². The second-order valence-corrected chi connectivity index (χ2v) is 3.69. The van der Waals surface area contributed by atoms with Gasteiger partial charge in [0, 0.05) is 19.1 Å².